The van der Waals surface area contributed by atoms with Crippen molar-refractivity contribution in [3.8, 4) is 5.75 Å². The predicted molar refractivity (Wildman–Crippen MR) is 191 cm³/mol. The Kier molecular flexibility index (Phi) is 8.74. The topological polar surface area (TPSA) is 94.1 Å². The number of hydrogen-bond donors (Lipinski definition) is 0. The Labute approximate surface area is 289 Å². The number of rotatable bonds is 8. The lowest BCUT2D eigenvalue weighted by Crippen LogP contribution is -2.56. The molecule has 10 heteroatoms. The number of piperazine rings is 1. The van der Waals surface area contributed by atoms with Crippen LogP contribution in [0.1, 0.15) is 35.2 Å². The molecular weight excluding hydrogens is 635 g/mol. The average Bonchev–Trinajstić information content (AvgIpc) is 3.41. The first-order valence-corrected chi connectivity index (χ1v) is 18.5. The Hall–Kier alpha value is -4.80. The zero-order chi connectivity index (χ0) is 33.3. The zero-order valence-electron chi connectivity index (χ0n) is 27.5. The van der Waals surface area contributed by atoms with Gasteiger partial charge in [-0.1, -0.05) is 84.9 Å². The largest absolute Gasteiger partial charge is 0.609 e. The first-order chi connectivity index (χ1) is 24.0. The molecule has 5 aromatic rings. The minimum Gasteiger partial charge on any atom is -0.609 e. The molecule has 2 fully saturated rings. The van der Waals surface area contributed by atoms with E-state index in [9.17, 15) is 9.35 Å². The van der Waals surface area contributed by atoms with Crippen molar-refractivity contribution in [1.82, 2.24) is 14.9 Å². The van der Waals surface area contributed by atoms with Crippen molar-refractivity contribution in [3.05, 3.63) is 119 Å². The number of amides is 1. The van der Waals surface area contributed by atoms with E-state index in [2.05, 4.69) is 58.3 Å². The van der Waals surface area contributed by atoms with Crippen LogP contribution in [0.25, 0.3) is 10.8 Å². The molecule has 0 spiro atoms. The number of anilines is 2. The summed E-state index contributed by atoms with van der Waals surface area (Å²) in [4.78, 5) is 29.6. The fraction of sp³-hybridized carbons (Fsp3) is 0.308. The highest BCUT2D eigenvalue weighted by atomic mass is 32.2. The van der Waals surface area contributed by atoms with Gasteiger partial charge in [0.1, 0.15) is 31.0 Å². The van der Waals surface area contributed by atoms with Gasteiger partial charge in [-0.3, -0.25) is 4.90 Å². The van der Waals surface area contributed by atoms with Crippen molar-refractivity contribution in [1.29, 1.82) is 0 Å². The van der Waals surface area contributed by atoms with Crippen molar-refractivity contribution in [2.45, 2.75) is 56.3 Å². The summed E-state index contributed by atoms with van der Waals surface area (Å²) in [5.74, 6) is 1.67. The standard InChI is InChI=1S/C39H39N5O4S/c1-49(46)38-40-35-24-42(36-21-32(20-29-14-8-9-15-33(29)36)47-25-27-10-4-2-5-11-27)19-18-34(35)37(41-38)43-22-30-16-17-31(23-43)44(30)39(45)48-26-28-12-6-3-7-13-28/h2-15,20-21,30-31H,16-19,22-26H2,1H3. The van der Waals surface area contributed by atoms with Gasteiger partial charge in [0.05, 0.1) is 24.3 Å². The smallest absolute Gasteiger partial charge is 0.410 e. The van der Waals surface area contributed by atoms with Crippen molar-refractivity contribution in [2.24, 2.45) is 0 Å². The lowest BCUT2D eigenvalue weighted by Gasteiger charge is -2.42. The predicted octanol–water partition coefficient (Wildman–Crippen LogP) is 6.50. The highest BCUT2D eigenvalue weighted by molar-refractivity contribution is 7.90. The second-order valence-corrected chi connectivity index (χ2v) is 14.3. The van der Waals surface area contributed by atoms with E-state index in [1.807, 2.05) is 53.4 Å². The molecule has 49 heavy (non-hydrogen) atoms. The fourth-order valence-corrected chi connectivity index (χ4v) is 7.96. The quantitative estimate of drug-likeness (QED) is 0.136. The van der Waals surface area contributed by atoms with Crippen LogP contribution < -0.4 is 14.5 Å². The number of hydrogen-bond acceptors (Lipinski definition) is 8. The maximum atomic E-state index is 13.3. The molecule has 0 aliphatic carbocycles. The van der Waals surface area contributed by atoms with Crippen LogP contribution in [0.5, 0.6) is 5.75 Å². The SMILES string of the molecule is C[S+]([O-])c1nc2c(c(N3CC4CCC(C3)N4C(=O)OCc3ccccc3)n1)CCN(c1cc(OCc3ccccc3)cc3ccccc13)C2. The molecule has 250 valence electrons. The molecule has 3 aliphatic rings. The molecule has 2 bridgehead atoms. The first-order valence-electron chi connectivity index (χ1n) is 16.9. The summed E-state index contributed by atoms with van der Waals surface area (Å²) >= 11 is -1.35. The second-order valence-electron chi connectivity index (χ2n) is 13.1. The molecule has 2 saturated heterocycles. The lowest BCUT2D eigenvalue weighted by atomic mass is 10.0. The molecule has 0 N–H and O–H groups in total. The van der Waals surface area contributed by atoms with Gasteiger partial charge in [-0.15, -0.1) is 0 Å². The van der Waals surface area contributed by atoms with E-state index in [1.54, 1.807) is 6.26 Å². The number of nitrogens with zero attached hydrogens (tertiary/aromatic N) is 5. The van der Waals surface area contributed by atoms with Crippen LogP contribution in [-0.4, -0.2) is 63.5 Å². The van der Waals surface area contributed by atoms with Gasteiger partial charge >= 0.3 is 11.2 Å². The summed E-state index contributed by atoms with van der Waals surface area (Å²) in [6, 6.07) is 32.7. The minimum absolute atomic E-state index is 0.0355. The van der Waals surface area contributed by atoms with E-state index in [4.69, 9.17) is 19.4 Å². The second kappa shape index (κ2) is 13.6. The van der Waals surface area contributed by atoms with Crippen LogP contribution in [0, 0.1) is 0 Å². The Balaban J connectivity index is 1.04. The van der Waals surface area contributed by atoms with Crippen LogP contribution in [0.2, 0.25) is 0 Å². The summed E-state index contributed by atoms with van der Waals surface area (Å²) in [7, 11) is 0. The average molecular weight is 674 g/mol. The van der Waals surface area contributed by atoms with Gasteiger partial charge in [-0.2, -0.15) is 9.97 Å². The normalized spacial score (nSPS) is 19.1. The maximum Gasteiger partial charge on any atom is 0.410 e. The maximum absolute atomic E-state index is 13.3. The van der Waals surface area contributed by atoms with Crippen LogP contribution in [0.15, 0.2) is 102 Å². The number of aromatic nitrogens is 2. The highest BCUT2D eigenvalue weighted by Crippen LogP contribution is 2.39. The van der Waals surface area contributed by atoms with Crippen molar-refractivity contribution in [3.63, 3.8) is 0 Å². The Morgan fingerprint density at radius 3 is 2.24 bits per heavy atom. The van der Waals surface area contributed by atoms with E-state index in [0.29, 0.717) is 31.4 Å². The van der Waals surface area contributed by atoms with E-state index < -0.39 is 11.2 Å². The van der Waals surface area contributed by atoms with Gasteiger partial charge in [0.2, 0.25) is 0 Å². The van der Waals surface area contributed by atoms with E-state index in [-0.39, 0.29) is 24.8 Å². The molecular formula is C39H39N5O4S. The molecule has 8 rings (SSSR count). The van der Waals surface area contributed by atoms with Gasteiger partial charge in [0, 0.05) is 53.5 Å². The Bertz CT molecular complexity index is 1950. The summed E-state index contributed by atoms with van der Waals surface area (Å²) in [5.41, 5.74) is 5.19. The number of ether oxygens (including phenoxy) is 2. The molecule has 9 nitrogen and oxygen atoms in total. The van der Waals surface area contributed by atoms with Gasteiger partial charge in [-0.25, -0.2) is 4.79 Å². The molecule has 3 aliphatic heterocycles. The van der Waals surface area contributed by atoms with E-state index in [1.165, 1.54) is 0 Å². The minimum atomic E-state index is -1.35. The molecule has 3 atom stereocenters. The van der Waals surface area contributed by atoms with Gasteiger partial charge in [0.15, 0.2) is 0 Å². The van der Waals surface area contributed by atoms with Crippen LogP contribution in [0.3, 0.4) is 0 Å². The van der Waals surface area contributed by atoms with Crippen LogP contribution in [-0.2, 0) is 42.1 Å². The lowest BCUT2D eigenvalue weighted by molar-refractivity contribution is 0.0732. The first kappa shape index (κ1) is 31.5. The number of carbonyl (C=O) groups excluding carboxylic acids is 1. The van der Waals surface area contributed by atoms with E-state index >= 15 is 0 Å². The summed E-state index contributed by atoms with van der Waals surface area (Å²) in [6.07, 6.45) is 3.97. The fourth-order valence-electron chi connectivity index (χ4n) is 7.50. The molecule has 4 aromatic carbocycles. The Morgan fingerprint density at radius 1 is 0.857 bits per heavy atom. The van der Waals surface area contributed by atoms with Crippen LogP contribution in [0.4, 0.5) is 16.3 Å². The monoisotopic (exact) mass is 673 g/mol. The van der Waals surface area contributed by atoms with Crippen molar-refractivity contribution >= 4 is 39.5 Å². The molecule has 1 aromatic heterocycles. The summed E-state index contributed by atoms with van der Waals surface area (Å²) < 4.78 is 24.9. The number of benzene rings is 4. The highest BCUT2D eigenvalue weighted by Gasteiger charge is 2.45. The zero-order valence-corrected chi connectivity index (χ0v) is 28.4. The number of carbonyl (C=O) groups is 1. The molecule has 3 unspecified atom stereocenters. The Morgan fingerprint density at radius 2 is 1.53 bits per heavy atom. The third kappa shape index (κ3) is 6.50. The van der Waals surface area contributed by atoms with Crippen molar-refractivity contribution < 1.29 is 18.8 Å². The van der Waals surface area contributed by atoms with Gasteiger partial charge in [0.25, 0.3) is 0 Å². The van der Waals surface area contributed by atoms with Gasteiger partial charge in [-0.05, 0) is 41.8 Å². The third-order valence-electron chi connectivity index (χ3n) is 9.88. The summed E-state index contributed by atoms with van der Waals surface area (Å²) in [6.45, 7) is 3.42. The van der Waals surface area contributed by atoms with Crippen molar-refractivity contribution in [2.75, 3.05) is 35.7 Å². The molecule has 4 heterocycles. The summed E-state index contributed by atoms with van der Waals surface area (Å²) in [5, 5.41) is 2.61. The molecule has 0 radical (unpaired) electrons. The number of fused-ring (bicyclic) bond motifs is 4. The molecule has 0 saturated carbocycles. The van der Waals surface area contributed by atoms with Gasteiger partial charge < -0.3 is 23.8 Å². The third-order valence-corrected chi connectivity index (χ3v) is 10.6. The van der Waals surface area contributed by atoms with Crippen LogP contribution >= 0.6 is 0 Å². The van der Waals surface area contributed by atoms with E-state index in [0.717, 1.165) is 76.2 Å². The molecule has 1 amide bonds.